The van der Waals surface area contributed by atoms with E-state index >= 15 is 0 Å². The second-order valence-corrected chi connectivity index (χ2v) is 6.75. The molecule has 1 unspecified atom stereocenters. The number of nitrogens with zero attached hydrogens (tertiary/aromatic N) is 2. The number of hydrogen-bond acceptors (Lipinski definition) is 4. The summed E-state index contributed by atoms with van der Waals surface area (Å²) in [4.78, 5) is 9.32. The maximum absolute atomic E-state index is 4.77. The van der Waals surface area contributed by atoms with Crippen LogP contribution in [0.1, 0.15) is 30.5 Å². The minimum absolute atomic E-state index is 0.763. The molecule has 0 aliphatic heterocycles. The third-order valence-electron chi connectivity index (χ3n) is 4.30. The van der Waals surface area contributed by atoms with E-state index in [0.717, 1.165) is 42.7 Å². The lowest BCUT2D eigenvalue weighted by Gasteiger charge is -2.24. The van der Waals surface area contributed by atoms with Gasteiger partial charge in [0.25, 0.3) is 0 Å². The normalized spacial score (nSPS) is 21.7. The molecule has 2 aromatic rings. The SMILES string of the molecule is c1cc(-c2ncc3c(n2)CCC(CNC2CC2)C3)cs1. The third-order valence-corrected chi connectivity index (χ3v) is 4.99. The molecule has 2 aliphatic carbocycles. The molecule has 2 aromatic heterocycles. The van der Waals surface area contributed by atoms with Gasteiger partial charge in [0.2, 0.25) is 0 Å². The van der Waals surface area contributed by atoms with Crippen molar-refractivity contribution in [2.24, 2.45) is 5.92 Å². The van der Waals surface area contributed by atoms with E-state index in [1.807, 2.05) is 0 Å². The molecule has 3 nitrogen and oxygen atoms in total. The van der Waals surface area contributed by atoms with Gasteiger partial charge in [0.15, 0.2) is 5.82 Å². The summed E-state index contributed by atoms with van der Waals surface area (Å²) in [5.41, 5.74) is 3.78. The summed E-state index contributed by atoms with van der Waals surface area (Å²) in [7, 11) is 0. The number of rotatable bonds is 4. The van der Waals surface area contributed by atoms with Crippen LogP contribution in [-0.4, -0.2) is 22.6 Å². The van der Waals surface area contributed by atoms with Crippen molar-refractivity contribution < 1.29 is 0 Å². The van der Waals surface area contributed by atoms with E-state index < -0.39 is 0 Å². The predicted molar refractivity (Wildman–Crippen MR) is 81.9 cm³/mol. The summed E-state index contributed by atoms with van der Waals surface area (Å²) >= 11 is 1.70. The van der Waals surface area contributed by atoms with Crippen molar-refractivity contribution >= 4 is 11.3 Å². The molecule has 1 saturated carbocycles. The Bertz CT molecular complexity index is 590. The monoisotopic (exact) mass is 285 g/mol. The minimum atomic E-state index is 0.763. The van der Waals surface area contributed by atoms with Crippen molar-refractivity contribution in [2.45, 2.75) is 38.1 Å². The lowest BCUT2D eigenvalue weighted by atomic mass is 9.87. The third kappa shape index (κ3) is 2.63. The zero-order valence-corrected chi connectivity index (χ0v) is 12.3. The van der Waals surface area contributed by atoms with Crippen LogP contribution in [0, 0.1) is 5.92 Å². The van der Waals surface area contributed by atoms with Gasteiger partial charge in [0.1, 0.15) is 0 Å². The smallest absolute Gasteiger partial charge is 0.160 e. The van der Waals surface area contributed by atoms with Crippen LogP contribution in [0.15, 0.2) is 23.0 Å². The molecule has 20 heavy (non-hydrogen) atoms. The van der Waals surface area contributed by atoms with Crippen LogP contribution in [0.25, 0.3) is 11.4 Å². The van der Waals surface area contributed by atoms with Crippen molar-refractivity contribution in [1.82, 2.24) is 15.3 Å². The molecule has 1 N–H and O–H groups in total. The molecule has 2 aliphatic rings. The Morgan fingerprint density at radius 3 is 3.05 bits per heavy atom. The molecule has 4 rings (SSSR count). The standard InChI is InChI=1S/C16H19N3S/c1-4-15-13(7-11(1)8-17-14-2-3-14)9-18-16(19-15)12-5-6-20-10-12/h5-6,9-11,14,17H,1-4,7-8H2. The average molecular weight is 285 g/mol. The fourth-order valence-corrected chi connectivity index (χ4v) is 3.54. The van der Waals surface area contributed by atoms with E-state index in [-0.39, 0.29) is 0 Å². The molecule has 0 aromatic carbocycles. The van der Waals surface area contributed by atoms with Gasteiger partial charge in [-0.1, -0.05) is 0 Å². The van der Waals surface area contributed by atoms with Gasteiger partial charge >= 0.3 is 0 Å². The first-order valence-corrected chi connectivity index (χ1v) is 8.43. The molecule has 0 radical (unpaired) electrons. The Labute approximate surface area is 123 Å². The number of fused-ring (bicyclic) bond motifs is 1. The predicted octanol–water partition coefficient (Wildman–Crippen LogP) is 3.06. The molecule has 0 amide bonds. The lowest BCUT2D eigenvalue weighted by molar-refractivity contribution is 0.418. The van der Waals surface area contributed by atoms with Gasteiger partial charge in [-0.3, -0.25) is 0 Å². The van der Waals surface area contributed by atoms with Crippen molar-refractivity contribution in [3.05, 3.63) is 34.3 Å². The summed E-state index contributed by atoms with van der Waals surface area (Å²) in [6.45, 7) is 1.16. The molecule has 104 valence electrons. The Morgan fingerprint density at radius 1 is 1.30 bits per heavy atom. The van der Waals surface area contributed by atoms with Crippen LogP contribution < -0.4 is 5.32 Å². The quantitative estimate of drug-likeness (QED) is 0.938. The van der Waals surface area contributed by atoms with E-state index in [9.17, 15) is 0 Å². The zero-order chi connectivity index (χ0) is 13.4. The molecule has 1 fully saturated rings. The number of hydrogen-bond donors (Lipinski definition) is 1. The maximum Gasteiger partial charge on any atom is 0.160 e. The van der Waals surface area contributed by atoms with Crippen LogP contribution >= 0.6 is 11.3 Å². The van der Waals surface area contributed by atoms with E-state index in [0.29, 0.717) is 0 Å². The van der Waals surface area contributed by atoms with E-state index in [1.54, 1.807) is 11.3 Å². The second-order valence-electron chi connectivity index (χ2n) is 5.97. The van der Waals surface area contributed by atoms with Crippen LogP contribution in [0.4, 0.5) is 0 Å². The molecule has 0 spiro atoms. The number of thiophene rings is 1. The van der Waals surface area contributed by atoms with Gasteiger partial charge in [0, 0.05) is 28.9 Å². The maximum atomic E-state index is 4.77. The van der Waals surface area contributed by atoms with Gasteiger partial charge in [0.05, 0.1) is 0 Å². The fraction of sp³-hybridized carbons (Fsp3) is 0.500. The number of aryl methyl sites for hydroxylation is 1. The lowest BCUT2D eigenvalue weighted by Crippen LogP contribution is -2.29. The summed E-state index contributed by atoms with van der Waals surface area (Å²) in [6.07, 6.45) is 8.29. The fourth-order valence-electron chi connectivity index (χ4n) is 2.91. The van der Waals surface area contributed by atoms with Gasteiger partial charge in [-0.05, 0) is 61.6 Å². The Kier molecular flexibility index (Phi) is 3.28. The number of aromatic nitrogens is 2. The summed E-state index contributed by atoms with van der Waals surface area (Å²) < 4.78 is 0. The van der Waals surface area contributed by atoms with Crippen LogP contribution in [0.5, 0.6) is 0 Å². The van der Waals surface area contributed by atoms with Crippen molar-refractivity contribution in [2.75, 3.05) is 6.54 Å². The van der Waals surface area contributed by atoms with Crippen molar-refractivity contribution in [3.63, 3.8) is 0 Å². The summed E-state index contributed by atoms with van der Waals surface area (Å²) in [6, 6.07) is 2.91. The van der Waals surface area contributed by atoms with Crippen LogP contribution in [0.2, 0.25) is 0 Å². The molecule has 1 atom stereocenters. The molecular weight excluding hydrogens is 266 g/mol. The van der Waals surface area contributed by atoms with Gasteiger partial charge in [-0.25, -0.2) is 9.97 Å². The van der Waals surface area contributed by atoms with Crippen molar-refractivity contribution in [3.8, 4) is 11.4 Å². The molecule has 4 heteroatoms. The van der Waals surface area contributed by atoms with E-state index in [2.05, 4.69) is 33.3 Å². The highest BCUT2D eigenvalue weighted by atomic mass is 32.1. The minimum Gasteiger partial charge on any atom is -0.314 e. The first-order valence-electron chi connectivity index (χ1n) is 7.49. The molecule has 0 saturated heterocycles. The summed E-state index contributed by atoms with van der Waals surface area (Å²) in [5.74, 6) is 1.65. The van der Waals surface area contributed by atoms with E-state index in [1.165, 1.54) is 30.5 Å². The average Bonchev–Trinajstić information content (AvgIpc) is 3.16. The Balaban J connectivity index is 1.48. The molecular formula is C16H19N3S. The van der Waals surface area contributed by atoms with Crippen LogP contribution in [0.3, 0.4) is 0 Å². The molecule has 2 heterocycles. The number of nitrogens with one attached hydrogen (secondary N) is 1. The van der Waals surface area contributed by atoms with Gasteiger partial charge in [-0.15, -0.1) is 0 Å². The highest BCUT2D eigenvalue weighted by Crippen LogP contribution is 2.27. The Morgan fingerprint density at radius 2 is 2.25 bits per heavy atom. The Hall–Kier alpha value is -1.26. The highest BCUT2D eigenvalue weighted by Gasteiger charge is 2.25. The van der Waals surface area contributed by atoms with Gasteiger partial charge in [-0.2, -0.15) is 11.3 Å². The second kappa shape index (κ2) is 5.26. The topological polar surface area (TPSA) is 37.8 Å². The van der Waals surface area contributed by atoms with Gasteiger partial charge < -0.3 is 5.32 Å². The zero-order valence-electron chi connectivity index (χ0n) is 11.5. The largest absolute Gasteiger partial charge is 0.314 e. The molecule has 0 bridgehead atoms. The van der Waals surface area contributed by atoms with E-state index in [4.69, 9.17) is 4.98 Å². The summed E-state index contributed by atoms with van der Waals surface area (Å²) in [5, 5.41) is 7.85. The van der Waals surface area contributed by atoms with Crippen LogP contribution in [-0.2, 0) is 12.8 Å². The highest BCUT2D eigenvalue weighted by molar-refractivity contribution is 7.08. The van der Waals surface area contributed by atoms with Crippen molar-refractivity contribution in [1.29, 1.82) is 0 Å². The first-order chi connectivity index (χ1) is 9.88. The first kappa shape index (κ1) is 12.5.